The normalized spacial score (nSPS) is 22.8. The van der Waals surface area contributed by atoms with E-state index >= 15 is 0 Å². The van der Waals surface area contributed by atoms with Crippen LogP contribution in [0.15, 0.2) is 24.5 Å². The molecule has 0 aromatic carbocycles. The molecule has 4 heterocycles. The van der Waals surface area contributed by atoms with Gasteiger partial charge in [0.25, 0.3) is 5.91 Å². The quantitative estimate of drug-likeness (QED) is 0.761. The number of piperidine rings is 1. The number of nitrogens with one attached hydrogen (secondary N) is 2. The number of aromatic nitrogens is 2. The molecule has 3 fully saturated rings. The number of rotatable bonds is 3. The average Bonchev–Trinajstić information content (AvgIpc) is 3.46. The summed E-state index contributed by atoms with van der Waals surface area (Å²) in [4.78, 5) is 49.1. The lowest BCUT2D eigenvalue weighted by atomic mass is 9.89. The van der Waals surface area contributed by atoms with Crippen LogP contribution in [0.2, 0.25) is 0 Å². The number of hydrogen-bond acceptors (Lipinski definition) is 4. The van der Waals surface area contributed by atoms with Gasteiger partial charge in [0.2, 0.25) is 5.91 Å². The van der Waals surface area contributed by atoms with E-state index in [0.717, 1.165) is 41.6 Å². The number of imide groups is 1. The van der Waals surface area contributed by atoms with E-state index in [4.69, 9.17) is 0 Å². The second-order valence-electron chi connectivity index (χ2n) is 8.81. The first kappa shape index (κ1) is 19.1. The minimum atomic E-state index is -0.776. The van der Waals surface area contributed by atoms with Gasteiger partial charge in [-0.25, -0.2) is 14.7 Å². The Hall–Kier alpha value is -2.90. The summed E-state index contributed by atoms with van der Waals surface area (Å²) >= 11 is 0. The Morgan fingerprint density at radius 3 is 2.70 bits per heavy atom. The van der Waals surface area contributed by atoms with E-state index in [1.165, 1.54) is 5.56 Å². The molecule has 2 saturated heterocycles. The third kappa shape index (κ3) is 2.88. The molecule has 5 rings (SSSR count). The van der Waals surface area contributed by atoms with Crippen molar-refractivity contribution >= 4 is 28.9 Å². The smallest absolute Gasteiger partial charge is 0.325 e. The number of carbonyl (C=O) groups excluding carboxylic acids is 3. The van der Waals surface area contributed by atoms with Crippen LogP contribution in [0.25, 0.3) is 11.0 Å². The number of H-pyrrole nitrogens is 1. The van der Waals surface area contributed by atoms with E-state index in [9.17, 15) is 14.4 Å². The van der Waals surface area contributed by atoms with Crippen molar-refractivity contribution in [3.8, 4) is 0 Å². The lowest BCUT2D eigenvalue weighted by Crippen LogP contribution is -2.52. The van der Waals surface area contributed by atoms with Crippen LogP contribution in [0, 0.1) is 0 Å². The first-order chi connectivity index (χ1) is 14.5. The molecule has 8 nitrogen and oxygen atoms in total. The number of hydrogen-bond donors (Lipinski definition) is 2. The summed E-state index contributed by atoms with van der Waals surface area (Å²) in [5.41, 5.74) is 1.36. The van der Waals surface area contributed by atoms with Crippen molar-refractivity contribution in [1.82, 2.24) is 25.1 Å². The van der Waals surface area contributed by atoms with Crippen molar-refractivity contribution in [2.45, 2.75) is 62.9 Å². The lowest BCUT2D eigenvalue weighted by Gasteiger charge is -2.35. The lowest BCUT2D eigenvalue weighted by molar-refractivity contribution is -0.143. The number of aromatic amines is 1. The van der Waals surface area contributed by atoms with E-state index in [2.05, 4.69) is 21.4 Å². The van der Waals surface area contributed by atoms with Crippen molar-refractivity contribution in [2.24, 2.45) is 0 Å². The van der Waals surface area contributed by atoms with Crippen molar-refractivity contribution in [1.29, 1.82) is 0 Å². The first-order valence-electron chi connectivity index (χ1n) is 10.9. The van der Waals surface area contributed by atoms with Gasteiger partial charge in [-0.05, 0) is 56.2 Å². The summed E-state index contributed by atoms with van der Waals surface area (Å²) in [7, 11) is 0. The molecule has 3 aliphatic rings. The molecule has 1 unspecified atom stereocenters. The molecule has 0 radical (unpaired) electrons. The predicted octanol–water partition coefficient (Wildman–Crippen LogP) is 2.52. The molecule has 158 valence electrons. The van der Waals surface area contributed by atoms with E-state index in [-0.39, 0.29) is 11.8 Å². The van der Waals surface area contributed by atoms with Crippen LogP contribution in [-0.4, -0.2) is 62.3 Å². The standard InChI is InChI=1S/C22H27N5O3/c1-14(27-20(29)22(25-21(27)30)8-2-3-9-22)19(28)26-11-6-15(7-12-26)17-13-24-18-16(17)5-4-10-23-18/h4-5,10,13-15H,2-3,6-9,11-12H2,1H3,(H,23,24)(H,25,30). The maximum atomic E-state index is 13.1. The van der Waals surface area contributed by atoms with E-state index in [0.29, 0.717) is 31.8 Å². The zero-order chi connectivity index (χ0) is 20.9. The molecule has 30 heavy (non-hydrogen) atoms. The molecule has 2 aliphatic heterocycles. The van der Waals surface area contributed by atoms with Crippen LogP contribution in [0.3, 0.4) is 0 Å². The maximum Gasteiger partial charge on any atom is 0.325 e. The zero-order valence-electron chi connectivity index (χ0n) is 17.2. The van der Waals surface area contributed by atoms with Crippen LogP contribution >= 0.6 is 0 Å². The Labute approximate surface area is 175 Å². The number of carbonyl (C=O) groups is 3. The fourth-order valence-electron chi connectivity index (χ4n) is 5.41. The Morgan fingerprint density at radius 1 is 1.23 bits per heavy atom. The van der Waals surface area contributed by atoms with Gasteiger partial charge in [0, 0.05) is 30.9 Å². The van der Waals surface area contributed by atoms with E-state index < -0.39 is 17.6 Å². The average molecular weight is 409 g/mol. The summed E-state index contributed by atoms with van der Waals surface area (Å²) in [6.07, 6.45) is 8.69. The first-order valence-corrected chi connectivity index (χ1v) is 10.9. The molecule has 2 N–H and O–H groups in total. The molecular weight excluding hydrogens is 382 g/mol. The number of nitrogens with zero attached hydrogens (tertiary/aromatic N) is 3. The summed E-state index contributed by atoms with van der Waals surface area (Å²) in [6.45, 7) is 2.91. The molecule has 2 aromatic rings. The fraction of sp³-hybridized carbons (Fsp3) is 0.545. The highest BCUT2D eigenvalue weighted by atomic mass is 16.2. The van der Waals surface area contributed by atoms with Crippen molar-refractivity contribution in [3.63, 3.8) is 0 Å². The molecule has 1 aliphatic carbocycles. The van der Waals surface area contributed by atoms with Gasteiger partial charge in [0.1, 0.15) is 17.2 Å². The fourth-order valence-corrected chi connectivity index (χ4v) is 5.41. The van der Waals surface area contributed by atoms with Crippen molar-refractivity contribution in [2.75, 3.05) is 13.1 Å². The number of fused-ring (bicyclic) bond motifs is 1. The molecule has 4 amide bonds. The topological polar surface area (TPSA) is 98.4 Å². The molecule has 8 heteroatoms. The molecule has 0 bridgehead atoms. The SMILES string of the molecule is CC(C(=O)N1CCC(c2c[nH]c3ncccc23)CC1)N1C(=O)NC2(CCCC2)C1=O. The van der Waals surface area contributed by atoms with E-state index in [1.807, 2.05) is 12.3 Å². The second kappa shape index (κ2) is 7.11. The monoisotopic (exact) mass is 409 g/mol. The van der Waals surface area contributed by atoms with Gasteiger partial charge in [-0.2, -0.15) is 0 Å². The van der Waals surface area contributed by atoms with E-state index in [1.54, 1.807) is 18.0 Å². The third-order valence-corrected chi connectivity index (χ3v) is 7.12. The highest BCUT2D eigenvalue weighted by Gasteiger charge is 2.54. The van der Waals surface area contributed by atoms with Gasteiger partial charge in [-0.1, -0.05) is 12.8 Å². The van der Waals surface area contributed by atoms with Crippen LogP contribution in [0.1, 0.15) is 56.9 Å². The van der Waals surface area contributed by atoms with Gasteiger partial charge in [0.05, 0.1) is 0 Å². The van der Waals surface area contributed by atoms with Gasteiger partial charge >= 0.3 is 6.03 Å². The number of pyridine rings is 1. The minimum absolute atomic E-state index is 0.146. The van der Waals surface area contributed by atoms with Crippen molar-refractivity contribution < 1.29 is 14.4 Å². The van der Waals surface area contributed by atoms with Gasteiger partial charge in [-0.3, -0.25) is 9.59 Å². The van der Waals surface area contributed by atoms with Gasteiger partial charge in [0.15, 0.2) is 0 Å². The van der Waals surface area contributed by atoms with Crippen LogP contribution in [0.4, 0.5) is 4.79 Å². The molecule has 1 saturated carbocycles. The number of likely N-dealkylation sites (tertiary alicyclic amines) is 1. The number of urea groups is 1. The highest BCUT2D eigenvalue weighted by Crippen LogP contribution is 2.37. The Bertz CT molecular complexity index is 1000. The van der Waals surface area contributed by atoms with Crippen molar-refractivity contribution in [3.05, 3.63) is 30.1 Å². The number of amides is 4. The van der Waals surface area contributed by atoms with Gasteiger partial charge in [-0.15, -0.1) is 0 Å². The Balaban J connectivity index is 1.25. The summed E-state index contributed by atoms with van der Waals surface area (Å²) in [6, 6.07) is 2.81. The second-order valence-corrected chi connectivity index (χ2v) is 8.81. The summed E-state index contributed by atoms with van der Waals surface area (Å²) < 4.78 is 0. The third-order valence-electron chi connectivity index (χ3n) is 7.12. The Kier molecular flexibility index (Phi) is 4.52. The maximum absolute atomic E-state index is 13.1. The molecule has 2 aromatic heterocycles. The summed E-state index contributed by atoms with van der Waals surface area (Å²) in [5, 5.41) is 4.00. The van der Waals surface area contributed by atoms with Crippen LogP contribution < -0.4 is 5.32 Å². The highest BCUT2D eigenvalue weighted by molar-refractivity contribution is 6.10. The molecular formula is C22H27N5O3. The molecule has 1 atom stereocenters. The van der Waals surface area contributed by atoms with Gasteiger partial charge < -0.3 is 15.2 Å². The predicted molar refractivity (Wildman–Crippen MR) is 111 cm³/mol. The van der Waals surface area contributed by atoms with Crippen LogP contribution in [-0.2, 0) is 9.59 Å². The summed E-state index contributed by atoms with van der Waals surface area (Å²) in [5.74, 6) is -0.0135. The molecule has 1 spiro atoms. The Morgan fingerprint density at radius 2 is 1.97 bits per heavy atom. The largest absolute Gasteiger partial charge is 0.346 e. The minimum Gasteiger partial charge on any atom is -0.346 e. The van der Waals surface area contributed by atoms with Crippen LogP contribution in [0.5, 0.6) is 0 Å². The zero-order valence-corrected chi connectivity index (χ0v) is 17.2.